The van der Waals surface area contributed by atoms with Crippen LogP contribution in [0.25, 0.3) is 0 Å². The number of piperazine rings is 2. The van der Waals surface area contributed by atoms with Crippen LogP contribution in [0.4, 0.5) is 0 Å². The van der Waals surface area contributed by atoms with E-state index in [1.54, 1.807) is 0 Å². The Balaban J connectivity index is 1.75. The lowest BCUT2D eigenvalue weighted by molar-refractivity contribution is 0.0190. The molecular weight excluding hydrogens is 162 g/mol. The minimum Gasteiger partial charge on any atom is -0.314 e. The van der Waals surface area contributed by atoms with Crippen molar-refractivity contribution in [3.05, 3.63) is 0 Å². The van der Waals surface area contributed by atoms with Gasteiger partial charge in [0, 0.05) is 44.3 Å². The lowest BCUT2D eigenvalue weighted by Crippen LogP contribution is -2.64. The van der Waals surface area contributed by atoms with Gasteiger partial charge in [0.05, 0.1) is 0 Å². The van der Waals surface area contributed by atoms with Gasteiger partial charge in [-0.05, 0) is 19.9 Å². The summed E-state index contributed by atoms with van der Waals surface area (Å²) in [6, 6.07) is 0.782. The van der Waals surface area contributed by atoms with E-state index in [-0.39, 0.29) is 0 Å². The molecule has 2 saturated heterocycles. The normalized spacial score (nSPS) is 39.0. The van der Waals surface area contributed by atoms with Gasteiger partial charge in [0.1, 0.15) is 0 Å². The first-order valence-corrected chi connectivity index (χ1v) is 5.46. The third kappa shape index (κ3) is 1.22. The Bertz CT molecular complexity index is 212. The highest BCUT2D eigenvalue weighted by molar-refractivity contribution is 5.09. The zero-order valence-corrected chi connectivity index (χ0v) is 8.42. The van der Waals surface area contributed by atoms with Gasteiger partial charge in [-0.2, -0.15) is 0 Å². The van der Waals surface area contributed by atoms with E-state index in [0.717, 1.165) is 6.04 Å². The molecule has 1 atom stereocenters. The van der Waals surface area contributed by atoms with Crippen molar-refractivity contribution in [2.45, 2.75) is 24.4 Å². The maximum Gasteiger partial charge on any atom is 0.0349 e. The summed E-state index contributed by atoms with van der Waals surface area (Å²) >= 11 is 0. The van der Waals surface area contributed by atoms with Crippen LogP contribution < -0.4 is 5.32 Å². The van der Waals surface area contributed by atoms with Crippen molar-refractivity contribution in [2.24, 2.45) is 0 Å². The van der Waals surface area contributed by atoms with E-state index in [1.165, 1.54) is 45.6 Å². The molecule has 0 aromatic rings. The highest BCUT2D eigenvalue weighted by Crippen LogP contribution is 2.44. The van der Waals surface area contributed by atoms with Crippen molar-refractivity contribution in [1.82, 2.24) is 15.1 Å². The van der Waals surface area contributed by atoms with Crippen molar-refractivity contribution >= 4 is 0 Å². The molecule has 13 heavy (non-hydrogen) atoms. The number of hydrogen-bond acceptors (Lipinski definition) is 3. The molecule has 74 valence electrons. The number of nitrogens with one attached hydrogen (secondary N) is 1. The highest BCUT2D eigenvalue weighted by atomic mass is 15.4. The average Bonchev–Trinajstić information content (AvgIpc) is 2.88. The van der Waals surface area contributed by atoms with E-state index in [2.05, 4.69) is 22.2 Å². The van der Waals surface area contributed by atoms with Crippen molar-refractivity contribution < 1.29 is 0 Å². The minimum absolute atomic E-state index is 0.605. The molecule has 0 aromatic heterocycles. The molecule has 0 radical (unpaired) electrons. The monoisotopic (exact) mass is 181 g/mol. The Hall–Kier alpha value is -0.120. The highest BCUT2D eigenvalue weighted by Gasteiger charge is 2.51. The summed E-state index contributed by atoms with van der Waals surface area (Å²) in [6.45, 7) is 6.25. The standard InChI is InChI=1S/C10H19N3/c1-12-7-9-6-11-4-5-13(9)8-10(12)2-3-10/h9,11H,2-8H2,1H3. The molecule has 0 aromatic carbocycles. The van der Waals surface area contributed by atoms with E-state index in [4.69, 9.17) is 0 Å². The molecule has 0 bridgehead atoms. The fourth-order valence-electron chi connectivity index (χ4n) is 2.88. The minimum atomic E-state index is 0.605. The number of fused-ring (bicyclic) bond motifs is 1. The molecule has 1 aliphatic carbocycles. The quantitative estimate of drug-likeness (QED) is 0.555. The van der Waals surface area contributed by atoms with Crippen LogP contribution in [0.1, 0.15) is 12.8 Å². The Morgan fingerprint density at radius 3 is 3.00 bits per heavy atom. The third-order valence-corrected chi connectivity index (χ3v) is 4.09. The predicted octanol–water partition coefficient (Wildman–Crippen LogP) is -0.262. The molecule has 1 saturated carbocycles. The van der Waals surface area contributed by atoms with Gasteiger partial charge in [-0.25, -0.2) is 0 Å². The van der Waals surface area contributed by atoms with Gasteiger partial charge in [-0.3, -0.25) is 9.80 Å². The first kappa shape index (κ1) is 8.21. The second-order valence-electron chi connectivity index (χ2n) is 4.93. The fraction of sp³-hybridized carbons (Fsp3) is 1.00. The molecule has 1 spiro atoms. The maximum absolute atomic E-state index is 3.48. The number of hydrogen-bond donors (Lipinski definition) is 1. The molecule has 3 aliphatic rings. The second-order valence-corrected chi connectivity index (χ2v) is 4.93. The lowest BCUT2D eigenvalue weighted by Gasteiger charge is -2.48. The molecule has 3 rings (SSSR count). The maximum atomic E-state index is 3.48. The Morgan fingerprint density at radius 1 is 1.38 bits per heavy atom. The van der Waals surface area contributed by atoms with E-state index in [1.807, 2.05) is 0 Å². The Kier molecular flexibility index (Phi) is 1.70. The van der Waals surface area contributed by atoms with Crippen LogP contribution in [0, 0.1) is 0 Å². The molecule has 3 fully saturated rings. The average molecular weight is 181 g/mol. The summed E-state index contributed by atoms with van der Waals surface area (Å²) < 4.78 is 0. The zero-order valence-electron chi connectivity index (χ0n) is 8.42. The van der Waals surface area contributed by atoms with Gasteiger partial charge in [0.15, 0.2) is 0 Å². The number of likely N-dealkylation sites (N-methyl/N-ethyl adjacent to an activating group) is 1. The number of rotatable bonds is 0. The van der Waals surface area contributed by atoms with Crippen LogP contribution in [0.3, 0.4) is 0 Å². The van der Waals surface area contributed by atoms with Gasteiger partial charge >= 0.3 is 0 Å². The summed E-state index contributed by atoms with van der Waals surface area (Å²) in [5, 5.41) is 3.48. The van der Waals surface area contributed by atoms with Crippen molar-refractivity contribution in [1.29, 1.82) is 0 Å². The van der Waals surface area contributed by atoms with Crippen molar-refractivity contribution in [2.75, 3.05) is 39.8 Å². The topological polar surface area (TPSA) is 18.5 Å². The molecule has 2 aliphatic heterocycles. The summed E-state index contributed by atoms with van der Waals surface area (Å²) in [5.41, 5.74) is 0.605. The largest absolute Gasteiger partial charge is 0.314 e. The summed E-state index contributed by atoms with van der Waals surface area (Å²) in [4.78, 5) is 5.30. The zero-order chi connectivity index (χ0) is 8.89. The van der Waals surface area contributed by atoms with Crippen LogP contribution >= 0.6 is 0 Å². The summed E-state index contributed by atoms with van der Waals surface area (Å²) in [6.07, 6.45) is 2.86. The SMILES string of the molecule is CN1CC2CNCCN2CC12CC2. The smallest absolute Gasteiger partial charge is 0.0349 e. The van der Waals surface area contributed by atoms with Crippen molar-refractivity contribution in [3.8, 4) is 0 Å². The van der Waals surface area contributed by atoms with Crippen LogP contribution in [0.5, 0.6) is 0 Å². The summed E-state index contributed by atoms with van der Waals surface area (Å²) in [5.74, 6) is 0. The predicted molar refractivity (Wildman–Crippen MR) is 52.8 cm³/mol. The molecule has 1 unspecified atom stereocenters. The van der Waals surface area contributed by atoms with Crippen molar-refractivity contribution in [3.63, 3.8) is 0 Å². The first-order chi connectivity index (χ1) is 6.30. The molecule has 2 heterocycles. The van der Waals surface area contributed by atoms with Crippen LogP contribution in [-0.4, -0.2) is 61.2 Å². The van der Waals surface area contributed by atoms with E-state index in [9.17, 15) is 0 Å². The van der Waals surface area contributed by atoms with Gasteiger partial charge in [0.25, 0.3) is 0 Å². The fourth-order valence-corrected chi connectivity index (χ4v) is 2.88. The molecule has 3 heteroatoms. The van der Waals surface area contributed by atoms with Crippen LogP contribution in [-0.2, 0) is 0 Å². The van der Waals surface area contributed by atoms with Gasteiger partial charge < -0.3 is 5.32 Å². The van der Waals surface area contributed by atoms with Crippen LogP contribution in [0.2, 0.25) is 0 Å². The van der Waals surface area contributed by atoms with Gasteiger partial charge in [-0.15, -0.1) is 0 Å². The molecular formula is C10H19N3. The molecule has 3 nitrogen and oxygen atoms in total. The molecule has 0 amide bonds. The van der Waals surface area contributed by atoms with Gasteiger partial charge in [0.2, 0.25) is 0 Å². The Labute approximate surface area is 80.1 Å². The van der Waals surface area contributed by atoms with E-state index < -0.39 is 0 Å². The first-order valence-electron chi connectivity index (χ1n) is 5.46. The number of nitrogens with zero attached hydrogens (tertiary/aromatic N) is 2. The van der Waals surface area contributed by atoms with Gasteiger partial charge in [-0.1, -0.05) is 0 Å². The lowest BCUT2D eigenvalue weighted by atomic mass is 10.0. The third-order valence-electron chi connectivity index (χ3n) is 4.09. The van der Waals surface area contributed by atoms with E-state index in [0.29, 0.717) is 5.54 Å². The molecule has 1 N–H and O–H groups in total. The summed E-state index contributed by atoms with van der Waals surface area (Å²) in [7, 11) is 2.30. The van der Waals surface area contributed by atoms with Crippen LogP contribution in [0.15, 0.2) is 0 Å². The Morgan fingerprint density at radius 2 is 2.23 bits per heavy atom. The second kappa shape index (κ2) is 2.69. The van der Waals surface area contributed by atoms with E-state index >= 15 is 0 Å².